The highest BCUT2D eigenvalue weighted by molar-refractivity contribution is 5.85. The van der Waals surface area contributed by atoms with Crippen molar-refractivity contribution in [1.29, 1.82) is 0 Å². The van der Waals surface area contributed by atoms with Gasteiger partial charge in [0.2, 0.25) is 5.91 Å². The Hall–Kier alpha value is -2.28. The van der Waals surface area contributed by atoms with Crippen molar-refractivity contribution in [3.8, 4) is 5.75 Å². The SMILES string of the molecule is CN(C)C(=O)CN=C(NCC1CCCCO1)N1CCC(Oc2ccccc2)CC1. The van der Waals surface area contributed by atoms with Gasteiger partial charge in [0, 0.05) is 53.2 Å². The summed E-state index contributed by atoms with van der Waals surface area (Å²) in [6, 6.07) is 9.98. The molecule has 2 aliphatic heterocycles. The Morgan fingerprint density at radius 3 is 2.62 bits per heavy atom. The molecule has 0 bridgehead atoms. The minimum Gasteiger partial charge on any atom is -0.490 e. The minimum absolute atomic E-state index is 0.000475. The highest BCUT2D eigenvalue weighted by Gasteiger charge is 2.24. The van der Waals surface area contributed by atoms with Crippen LogP contribution in [0.25, 0.3) is 0 Å². The number of hydrogen-bond donors (Lipinski definition) is 1. The van der Waals surface area contributed by atoms with E-state index in [9.17, 15) is 4.79 Å². The summed E-state index contributed by atoms with van der Waals surface area (Å²) >= 11 is 0. The van der Waals surface area contributed by atoms with Crippen LogP contribution in [0.1, 0.15) is 32.1 Å². The molecule has 29 heavy (non-hydrogen) atoms. The van der Waals surface area contributed by atoms with Crippen molar-refractivity contribution in [2.45, 2.75) is 44.3 Å². The average molecular weight is 403 g/mol. The first kappa shape index (κ1) is 21.4. The highest BCUT2D eigenvalue weighted by atomic mass is 16.5. The lowest BCUT2D eigenvalue weighted by molar-refractivity contribution is -0.127. The number of nitrogens with one attached hydrogen (secondary N) is 1. The zero-order valence-corrected chi connectivity index (χ0v) is 17.7. The number of likely N-dealkylation sites (N-methyl/N-ethyl adjacent to an activating group) is 1. The van der Waals surface area contributed by atoms with Crippen LogP contribution in [0.15, 0.2) is 35.3 Å². The van der Waals surface area contributed by atoms with Gasteiger partial charge in [-0.1, -0.05) is 18.2 Å². The minimum atomic E-state index is 0.000475. The van der Waals surface area contributed by atoms with Crippen molar-refractivity contribution in [3.63, 3.8) is 0 Å². The first-order valence-electron chi connectivity index (χ1n) is 10.7. The number of piperidine rings is 1. The maximum absolute atomic E-state index is 12.0. The van der Waals surface area contributed by atoms with Crippen LogP contribution in [0, 0.1) is 0 Å². The largest absolute Gasteiger partial charge is 0.490 e. The van der Waals surface area contributed by atoms with Crippen molar-refractivity contribution < 1.29 is 14.3 Å². The molecule has 1 aromatic rings. The zero-order chi connectivity index (χ0) is 20.5. The van der Waals surface area contributed by atoms with Gasteiger partial charge in [0.25, 0.3) is 0 Å². The molecule has 1 amide bonds. The molecule has 0 aromatic heterocycles. The zero-order valence-electron chi connectivity index (χ0n) is 17.7. The number of amides is 1. The normalized spacial score (nSPS) is 21.0. The molecule has 1 unspecified atom stereocenters. The van der Waals surface area contributed by atoms with Crippen LogP contribution in [0.2, 0.25) is 0 Å². The van der Waals surface area contributed by atoms with Gasteiger partial charge in [-0.3, -0.25) is 4.79 Å². The molecule has 1 N–H and O–H groups in total. The van der Waals surface area contributed by atoms with Crippen LogP contribution >= 0.6 is 0 Å². The van der Waals surface area contributed by atoms with Gasteiger partial charge in [0.15, 0.2) is 5.96 Å². The van der Waals surface area contributed by atoms with E-state index in [2.05, 4.69) is 15.2 Å². The van der Waals surface area contributed by atoms with E-state index in [-0.39, 0.29) is 24.7 Å². The van der Waals surface area contributed by atoms with Gasteiger partial charge in [-0.05, 0) is 31.4 Å². The molecule has 1 atom stereocenters. The summed E-state index contributed by atoms with van der Waals surface area (Å²) in [5, 5.41) is 3.46. The third kappa shape index (κ3) is 6.92. The van der Waals surface area contributed by atoms with Crippen molar-refractivity contribution in [1.82, 2.24) is 15.1 Å². The average Bonchev–Trinajstić information content (AvgIpc) is 2.76. The molecule has 0 spiro atoms. The summed E-state index contributed by atoms with van der Waals surface area (Å²) in [6.07, 6.45) is 5.71. The summed E-state index contributed by atoms with van der Waals surface area (Å²) in [7, 11) is 3.51. The van der Waals surface area contributed by atoms with Crippen molar-refractivity contribution in [2.75, 3.05) is 46.9 Å². The molecule has 0 saturated carbocycles. The maximum Gasteiger partial charge on any atom is 0.243 e. The Kier molecular flexibility index (Phi) is 8.16. The fraction of sp³-hybridized carbons (Fsp3) is 0.636. The molecule has 2 saturated heterocycles. The smallest absolute Gasteiger partial charge is 0.243 e. The molecular weight excluding hydrogens is 368 g/mol. The van der Waals surface area contributed by atoms with Crippen molar-refractivity contribution in [3.05, 3.63) is 30.3 Å². The van der Waals surface area contributed by atoms with Crippen LogP contribution in [0.3, 0.4) is 0 Å². The number of likely N-dealkylation sites (tertiary alicyclic amines) is 1. The summed E-state index contributed by atoms with van der Waals surface area (Å²) in [5.41, 5.74) is 0. The van der Waals surface area contributed by atoms with Crippen LogP contribution in [-0.2, 0) is 9.53 Å². The van der Waals surface area contributed by atoms with Gasteiger partial charge < -0.3 is 24.6 Å². The molecule has 2 aliphatic rings. The number of carbonyl (C=O) groups is 1. The van der Waals surface area contributed by atoms with Crippen LogP contribution in [0.4, 0.5) is 0 Å². The molecule has 160 valence electrons. The third-order valence-corrected chi connectivity index (χ3v) is 5.41. The Labute approximate surface area is 174 Å². The van der Waals surface area contributed by atoms with E-state index in [0.717, 1.165) is 63.6 Å². The molecule has 0 radical (unpaired) electrons. The molecule has 7 heteroatoms. The van der Waals surface area contributed by atoms with E-state index < -0.39 is 0 Å². The van der Waals surface area contributed by atoms with Gasteiger partial charge in [0.1, 0.15) is 18.4 Å². The summed E-state index contributed by atoms with van der Waals surface area (Å²) < 4.78 is 11.9. The van der Waals surface area contributed by atoms with Gasteiger partial charge >= 0.3 is 0 Å². The lowest BCUT2D eigenvalue weighted by Crippen LogP contribution is -2.49. The number of guanidine groups is 1. The summed E-state index contributed by atoms with van der Waals surface area (Å²) in [5.74, 6) is 1.72. The fourth-order valence-electron chi connectivity index (χ4n) is 3.60. The number of carbonyl (C=O) groups excluding carboxylic acids is 1. The predicted octanol–water partition coefficient (Wildman–Crippen LogP) is 2.13. The Balaban J connectivity index is 1.55. The number of nitrogens with zero attached hydrogens (tertiary/aromatic N) is 3. The number of rotatable bonds is 6. The Morgan fingerprint density at radius 1 is 1.21 bits per heavy atom. The molecule has 7 nitrogen and oxygen atoms in total. The van der Waals surface area contributed by atoms with E-state index in [1.807, 2.05) is 30.3 Å². The van der Waals surface area contributed by atoms with E-state index in [0.29, 0.717) is 0 Å². The van der Waals surface area contributed by atoms with E-state index >= 15 is 0 Å². The molecule has 2 fully saturated rings. The first-order chi connectivity index (χ1) is 14.1. The summed E-state index contributed by atoms with van der Waals surface area (Å²) in [6.45, 7) is 3.42. The van der Waals surface area contributed by atoms with Gasteiger partial charge in [-0.15, -0.1) is 0 Å². The third-order valence-electron chi connectivity index (χ3n) is 5.41. The number of ether oxygens (including phenoxy) is 2. The number of aliphatic imine (C=N–C) groups is 1. The second kappa shape index (κ2) is 11.0. The van der Waals surface area contributed by atoms with Crippen LogP contribution in [-0.4, -0.2) is 80.8 Å². The van der Waals surface area contributed by atoms with Crippen LogP contribution in [0.5, 0.6) is 5.75 Å². The quantitative estimate of drug-likeness (QED) is 0.583. The Bertz CT molecular complexity index is 651. The molecular formula is C22H34N4O3. The second-order valence-electron chi connectivity index (χ2n) is 7.91. The lowest BCUT2D eigenvalue weighted by Gasteiger charge is -2.35. The number of hydrogen-bond acceptors (Lipinski definition) is 4. The molecule has 2 heterocycles. The van der Waals surface area contributed by atoms with Crippen LogP contribution < -0.4 is 10.1 Å². The Morgan fingerprint density at radius 2 is 1.97 bits per heavy atom. The van der Waals surface area contributed by atoms with E-state index in [1.54, 1.807) is 19.0 Å². The summed E-state index contributed by atoms with van der Waals surface area (Å²) in [4.78, 5) is 20.4. The van der Waals surface area contributed by atoms with Gasteiger partial charge in [0.05, 0.1) is 6.10 Å². The molecule has 1 aromatic carbocycles. The highest BCUT2D eigenvalue weighted by Crippen LogP contribution is 2.19. The fourth-order valence-corrected chi connectivity index (χ4v) is 3.60. The standard InChI is InChI=1S/C22H34N4O3/c1-25(2)21(27)17-24-22(23-16-20-10-6-7-15-28-20)26-13-11-19(12-14-26)29-18-8-4-3-5-9-18/h3-5,8-9,19-20H,6-7,10-17H2,1-2H3,(H,23,24). The topological polar surface area (TPSA) is 66.4 Å². The predicted molar refractivity (Wildman–Crippen MR) is 114 cm³/mol. The van der Waals surface area contributed by atoms with E-state index in [4.69, 9.17) is 9.47 Å². The first-order valence-corrected chi connectivity index (χ1v) is 10.7. The van der Waals surface area contributed by atoms with Gasteiger partial charge in [-0.25, -0.2) is 4.99 Å². The van der Waals surface area contributed by atoms with Gasteiger partial charge in [-0.2, -0.15) is 0 Å². The second-order valence-corrected chi connectivity index (χ2v) is 7.91. The van der Waals surface area contributed by atoms with E-state index in [1.165, 1.54) is 6.42 Å². The monoisotopic (exact) mass is 402 g/mol. The van der Waals surface area contributed by atoms with Crippen molar-refractivity contribution in [2.24, 2.45) is 4.99 Å². The number of para-hydroxylation sites is 1. The molecule has 3 rings (SSSR count). The number of benzene rings is 1. The molecule has 0 aliphatic carbocycles. The van der Waals surface area contributed by atoms with Crippen molar-refractivity contribution >= 4 is 11.9 Å². The lowest BCUT2D eigenvalue weighted by atomic mass is 10.1. The maximum atomic E-state index is 12.0.